The van der Waals surface area contributed by atoms with E-state index in [2.05, 4.69) is 0 Å². The molecular formula is C25H22FNO4. The summed E-state index contributed by atoms with van der Waals surface area (Å²) < 4.78 is 18.7. The number of aromatic nitrogens is 1. The molecule has 2 heterocycles. The molecule has 158 valence electrons. The number of carbonyl (C=O) groups excluding carboxylic acids is 1. The van der Waals surface area contributed by atoms with Crippen molar-refractivity contribution in [2.24, 2.45) is 0 Å². The molecule has 0 spiro atoms. The lowest BCUT2D eigenvalue weighted by Gasteiger charge is -2.31. The summed E-state index contributed by atoms with van der Waals surface area (Å²) in [6.45, 7) is 0. The minimum atomic E-state index is -1.89. The molecule has 2 fully saturated rings. The first-order valence-electron chi connectivity index (χ1n) is 10.4. The van der Waals surface area contributed by atoms with Crippen LogP contribution in [0.5, 0.6) is 0 Å². The lowest BCUT2D eigenvalue weighted by Crippen LogP contribution is -2.42. The molecule has 6 heteroatoms. The van der Waals surface area contributed by atoms with Gasteiger partial charge in [-0.25, -0.2) is 4.39 Å². The maximum atomic E-state index is 13.6. The molecule has 0 unspecified atom stereocenters. The van der Waals surface area contributed by atoms with Crippen molar-refractivity contribution in [3.05, 3.63) is 71.7 Å². The van der Waals surface area contributed by atoms with E-state index in [1.54, 1.807) is 18.2 Å². The fourth-order valence-electron chi connectivity index (χ4n) is 4.21. The predicted octanol–water partition coefficient (Wildman–Crippen LogP) is 4.32. The highest BCUT2D eigenvalue weighted by molar-refractivity contribution is 5.99. The van der Waals surface area contributed by atoms with E-state index < -0.39 is 17.9 Å². The van der Waals surface area contributed by atoms with E-state index in [9.17, 15) is 19.4 Å². The Morgan fingerprint density at radius 1 is 1.13 bits per heavy atom. The van der Waals surface area contributed by atoms with Crippen molar-refractivity contribution in [2.75, 3.05) is 0 Å². The minimum Gasteiger partial charge on any atom is -0.429 e. The number of cyclic esters (lactones) is 1. The van der Waals surface area contributed by atoms with E-state index in [0.29, 0.717) is 5.92 Å². The van der Waals surface area contributed by atoms with Gasteiger partial charge in [0, 0.05) is 28.9 Å². The highest BCUT2D eigenvalue weighted by Gasteiger charge is 2.38. The zero-order valence-corrected chi connectivity index (χ0v) is 16.8. The summed E-state index contributed by atoms with van der Waals surface area (Å²) in [6.07, 6.45) is 3.97. The number of fused-ring (bicyclic) bond motifs is 1. The van der Waals surface area contributed by atoms with E-state index in [1.807, 2.05) is 24.3 Å². The van der Waals surface area contributed by atoms with Crippen LogP contribution >= 0.6 is 0 Å². The first kappa shape index (κ1) is 19.8. The van der Waals surface area contributed by atoms with Crippen molar-refractivity contribution in [2.45, 2.75) is 43.5 Å². The maximum Gasteiger partial charge on any atom is 0.311 e. The third-order valence-corrected chi connectivity index (χ3v) is 5.79. The molecule has 2 N–H and O–H groups in total. The Bertz CT molecular complexity index is 1190. The van der Waals surface area contributed by atoms with Crippen LogP contribution in [0.15, 0.2) is 54.6 Å². The maximum absolute atomic E-state index is 13.6. The van der Waals surface area contributed by atoms with E-state index in [1.165, 1.54) is 18.2 Å². The number of benzene rings is 2. The van der Waals surface area contributed by atoms with Crippen molar-refractivity contribution in [1.29, 1.82) is 0 Å². The number of halogens is 1. The second-order valence-corrected chi connectivity index (χ2v) is 8.30. The summed E-state index contributed by atoms with van der Waals surface area (Å²) in [5.41, 5.74) is 4.27. The standard InChI is InChI=1S/C25H22FNO4/c26-17-9-7-15(8-10-17)23-19-3-1-2-4-21(19)27-24(16-5-6-16)20(23)11-12-25(30)14-18(28)13-22(29)31-25/h1-4,7-12,16,18,28,30H,5-6,13-14H2/b12-11+/t18-,25+/m0/s1. The summed E-state index contributed by atoms with van der Waals surface area (Å²) in [5, 5.41) is 21.6. The lowest BCUT2D eigenvalue weighted by atomic mass is 9.91. The van der Waals surface area contributed by atoms with E-state index in [-0.39, 0.29) is 18.7 Å². The number of rotatable bonds is 4. The predicted molar refractivity (Wildman–Crippen MR) is 114 cm³/mol. The Kier molecular flexibility index (Phi) is 4.84. The van der Waals surface area contributed by atoms with Gasteiger partial charge >= 0.3 is 5.97 Å². The zero-order valence-electron chi connectivity index (χ0n) is 16.8. The Morgan fingerprint density at radius 3 is 2.58 bits per heavy atom. The van der Waals surface area contributed by atoms with Gasteiger partial charge in [0.2, 0.25) is 5.79 Å². The van der Waals surface area contributed by atoms with Crippen LogP contribution in [0, 0.1) is 5.82 Å². The van der Waals surface area contributed by atoms with Crippen molar-refractivity contribution < 1.29 is 24.1 Å². The second kappa shape index (κ2) is 7.55. The third kappa shape index (κ3) is 3.96. The average molecular weight is 419 g/mol. The van der Waals surface area contributed by atoms with Gasteiger partial charge in [-0.2, -0.15) is 0 Å². The summed E-state index contributed by atoms with van der Waals surface area (Å²) in [6, 6.07) is 14.1. The average Bonchev–Trinajstić information content (AvgIpc) is 3.56. The molecule has 5 rings (SSSR count). The number of hydrogen-bond donors (Lipinski definition) is 2. The van der Waals surface area contributed by atoms with E-state index in [4.69, 9.17) is 9.72 Å². The van der Waals surface area contributed by atoms with Gasteiger partial charge in [-0.3, -0.25) is 9.78 Å². The fraction of sp³-hybridized carbons (Fsp3) is 0.280. The number of carbonyl (C=O) groups is 1. The monoisotopic (exact) mass is 419 g/mol. The molecule has 3 aromatic rings. The number of aliphatic hydroxyl groups excluding tert-OH is 1. The molecule has 2 aliphatic rings. The van der Waals surface area contributed by atoms with Gasteiger partial charge in [-0.15, -0.1) is 0 Å². The highest BCUT2D eigenvalue weighted by Crippen LogP contribution is 2.45. The van der Waals surface area contributed by atoms with Gasteiger partial charge in [0.05, 0.1) is 23.7 Å². The Morgan fingerprint density at radius 2 is 1.87 bits per heavy atom. The smallest absolute Gasteiger partial charge is 0.311 e. The summed E-state index contributed by atoms with van der Waals surface area (Å²) in [7, 11) is 0. The molecular weight excluding hydrogens is 397 g/mol. The normalized spacial score (nSPS) is 24.0. The Balaban J connectivity index is 1.70. The molecule has 31 heavy (non-hydrogen) atoms. The number of para-hydroxylation sites is 1. The summed E-state index contributed by atoms with van der Waals surface area (Å²) in [5.74, 6) is -2.55. The Hall–Kier alpha value is -3.09. The van der Waals surface area contributed by atoms with E-state index >= 15 is 0 Å². The number of hydrogen-bond acceptors (Lipinski definition) is 5. The quantitative estimate of drug-likeness (QED) is 0.616. The highest BCUT2D eigenvalue weighted by atomic mass is 19.1. The first-order valence-corrected chi connectivity index (χ1v) is 10.4. The number of aliphatic hydroxyl groups is 2. The molecule has 1 aliphatic carbocycles. The van der Waals surface area contributed by atoms with E-state index in [0.717, 1.165) is 46.1 Å². The molecule has 1 aliphatic heterocycles. The van der Waals surface area contributed by atoms with Crippen LogP contribution in [0.1, 0.15) is 42.9 Å². The molecule has 2 aromatic carbocycles. The minimum absolute atomic E-state index is 0.0963. The second-order valence-electron chi connectivity index (χ2n) is 8.30. The molecule has 5 nitrogen and oxygen atoms in total. The lowest BCUT2D eigenvalue weighted by molar-refractivity contribution is -0.214. The van der Waals surface area contributed by atoms with Crippen molar-refractivity contribution in [3.8, 4) is 11.1 Å². The molecule has 1 saturated carbocycles. The van der Waals surface area contributed by atoms with Crippen LogP contribution in [0.2, 0.25) is 0 Å². The van der Waals surface area contributed by atoms with Crippen LogP contribution in [-0.2, 0) is 9.53 Å². The summed E-state index contributed by atoms with van der Waals surface area (Å²) in [4.78, 5) is 16.6. The van der Waals surface area contributed by atoms with Crippen LogP contribution in [0.25, 0.3) is 28.1 Å². The van der Waals surface area contributed by atoms with Crippen molar-refractivity contribution in [1.82, 2.24) is 4.98 Å². The number of nitrogens with zero attached hydrogens (tertiary/aromatic N) is 1. The molecule has 1 saturated heterocycles. The number of esters is 1. The molecule has 0 bridgehead atoms. The SMILES string of the molecule is O=C1C[C@H](O)C[C@@](O)(/C=C/c2c(C3CC3)nc3ccccc3c2-c2ccc(F)cc2)O1. The van der Waals surface area contributed by atoms with Gasteiger partial charge < -0.3 is 14.9 Å². The van der Waals surface area contributed by atoms with Crippen molar-refractivity contribution in [3.63, 3.8) is 0 Å². The van der Waals surface area contributed by atoms with Crippen molar-refractivity contribution >= 4 is 22.9 Å². The van der Waals surface area contributed by atoms with Gasteiger partial charge in [0.25, 0.3) is 0 Å². The number of ether oxygens (including phenoxy) is 1. The Labute approximate surface area is 178 Å². The van der Waals surface area contributed by atoms with Gasteiger partial charge in [-0.05, 0) is 42.7 Å². The molecule has 0 amide bonds. The third-order valence-electron chi connectivity index (χ3n) is 5.79. The van der Waals surface area contributed by atoms with Gasteiger partial charge in [-0.1, -0.05) is 36.4 Å². The molecule has 0 radical (unpaired) electrons. The number of pyridine rings is 1. The van der Waals surface area contributed by atoms with Gasteiger partial charge in [0.15, 0.2) is 0 Å². The first-order chi connectivity index (χ1) is 14.9. The molecule has 2 atom stereocenters. The zero-order chi connectivity index (χ0) is 21.6. The molecule has 1 aromatic heterocycles. The topological polar surface area (TPSA) is 79.7 Å². The fourth-order valence-corrected chi connectivity index (χ4v) is 4.21. The summed E-state index contributed by atoms with van der Waals surface area (Å²) >= 11 is 0. The van der Waals surface area contributed by atoms with Crippen LogP contribution in [0.4, 0.5) is 4.39 Å². The van der Waals surface area contributed by atoms with Crippen LogP contribution < -0.4 is 0 Å². The largest absolute Gasteiger partial charge is 0.429 e. The van der Waals surface area contributed by atoms with Crippen LogP contribution in [-0.4, -0.2) is 33.1 Å². The van der Waals surface area contributed by atoms with Gasteiger partial charge in [0.1, 0.15) is 5.82 Å². The van der Waals surface area contributed by atoms with Crippen LogP contribution in [0.3, 0.4) is 0 Å².